The summed E-state index contributed by atoms with van der Waals surface area (Å²) >= 11 is 7.36. The third kappa shape index (κ3) is 3.01. The molecule has 0 unspecified atom stereocenters. The Bertz CT molecular complexity index is 459. The summed E-state index contributed by atoms with van der Waals surface area (Å²) in [6.45, 7) is 1.15. The van der Waals surface area contributed by atoms with E-state index in [1.807, 2.05) is 0 Å². The van der Waals surface area contributed by atoms with Crippen molar-refractivity contribution in [3.8, 4) is 0 Å². The number of thiazole rings is 1. The molecule has 84 valence electrons. The zero-order valence-corrected chi connectivity index (χ0v) is 9.98. The van der Waals surface area contributed by atoms with Crippen molar-refractivity contribution in [1.82, 2.24) is 10.3 Å². The van der Waals surface area contributed by atoms with Crippen LogP contribution in [0.1, 0.15) is 10.4 Å². The Labute approximate surface area is 102 Å². The Kier molecular flexibility index (Phi) is 3.88. The molecule has 2 nitrogen and oxygen atoms in total. The van der Waals surface area contributed by atoms with Gasteiger partial charge in [0.1, 0.15) is 5.82 Å². The molecule has 0 aliphatic heterocycles. The SMILES string of the molecule is Fc1ccc(Cl)cc1CNCc1cncs1. The van der Waals surface area contributed by atoms with Gasteiger partial charge in [0.2, 0.25) is 0 Å². The van der Waals surface area contributed by atoms with Gasteiger partial charge in [-0.1, -0.05) is 11.6 Å². The molecule has 0 spiro atoms. The van der Waals surface area contributed by atoms with Gasteiger partial charge in [0, 0.05) is 34.7 Å². The molecule has 0 aliphatic rings. The highest BCUT2D eigenvalue weighted by molar-refractivity contribution is 7.09. The Balaban J connectivity index is 1.92. The van der Waals surface area contributed by atoms with E-state index in [1.165, 1.54) is 6.07 Å². The lowest BCUT2D eigenvalue weighted by Crippen LogP contribution is -2.12. The minimum Gasteiger partial charge on any atom is -0.308 e. The Morgan fingerprint density at radius 2 is 2.25 bits per heavy atom. The fourth-order valence-corrected chi connectivity index (χ4v) is 2.09. The summed E-state index contributed by atoms with van der Waals surface area (Å²) in [5.74, 6) is -0.235. The lowest BCUT2D eigenvalue weighted by Gasteiger charge is -2.05. The molecule has 16 heavy (non-hydrogen) atoms. The number of benzene rings is 1. The van der Waals surface area contributed by atoms with Crippen molar-refractivity contribution in [3.05, 3.63) is 51.2 Å². The van der Waals surface area contributed by atoms with E-state index in [1.54, 1.807) is 35.2 Å². The minimum atomic E-state index is -0.235. The molecule has 0 aliphatic carbocycles. The quantitative estimate of drug-likeness (QED) is 0.909. The first-order chi connectivity index (χ1) is 7.75. The third-order valence-electron chi connectivity index (χ3n) is 2.11. The average Bonchev–Trinajstić information content (AvgIpc) is 2.76. The second kappa shape index (κ2) is 5.39. The molecule has 1 aromatic carbocycles. The van der Waals surface area contributed by atoms with E-state index in [9.17, 15) is 4.39 Å². The van der Waals surface area contributed by atoms with Crippen LogP contribution in [0.25, 0.3) is 0 Å². The van der Waals surface area contributed by atoms with Gasteiger partial charge in [-0.3, -0.25) is 4.98 Å². The monoisotopic (exact) mass is 256 g/mol. The zero-order chi connectivity index (χ0) is 11.4. The molecule has 1 N–H and O–H groups in total. The van der Waals surface area contributed by atoms with Crippen LogP contribution in [0.15, 0.2) is 29.9 Å². The number of hydrogen-bond acceptors (Lipinski definition) is 3. The molecule has 1 heterocycles. The molecule has 0 saturated heterocycles. The molecule has 2 aromatic rings. The maximum absolute atomic E-state index is 13.3. The highest BCUT2D eigenvalue weighted by Crippen LogP contribution is 2.15. The summed E-state index contributed by atoms with van der Waals surface area (Å²) < 4.78 is 13.3. The van der Waals surface area contributed by atoms with Crippen molar-refractivity contribution in [2.24, 2.45) is 0 Å². The minimum absolute atomic E-state index is 0.235. The molecule has 0 amide bonds. The fourth-order valence-electron chi connectivity index (χ4n) is 1.33. The van der Waals surface area contributed by atoms with Gasteiger partial charge in [0.05, 0.1) is 5.51 Å². The fraction of sp³-hybridized carbons (Fsp3) is 0.182. The molecular formula is C11H10ClFN2S. The van der Waals surface area contributed by atoms with Gasteiger partial charge >= 0.3 is 0 Å². The molecule has 2 rings (SSSR count). The first kappa shape index (κ1) is 11.5. The Morgan fingerprint density at radius 1 is 1.38 bits per heavy atom. The highest BCUT2D eigenvalue weighted by Gasteiger charge is 2.02. The number of nitrogens with one attached hydrogen (secondary N) is 1. The largest absolute Gasteiger partial charge is 0.308 e. The topological polar surface area (TPSA) is 24.9 Å². The maximum Gasteiger partial charge on any atom is 0.127 e. The normalized spacial score (nSPS) is 10.6. The number of halogens is 2. The van der Waals surface area contributed by atoms with Crippen LogP contribution >= 0.6 is 22.9 Å². The van der Waals surface area contributed by atoms with Crippen LogP contribution in [0, 0.1) is 5.82 Å². The first-order valence-corrected chi connectivity index (χ1v) is 6.03. The number of aromatic nitrogens is 1. The predicted molar refractivity (Wildman–Crippen MR) is 64.1 cm³/mol. The standard InChI is InChI=1S/C11H10ClFN2S/c12-9-1-2-11(13)8(3-9)4-14-5-10-6-15-7-16-10/h1-3,6-7,14H,4-5H2. The van der Waals surface area contributed by atoms with Gasteiger partial charge < -0.3 is 5.32 Å². The Hall–Kier alpha value is -0.970. The van der Waals surface area contributed by atoms with E-state index in [0.29, 0.717) is 23.7 Å². The molecule has 5 heteroatoms. The van der Waals surface area contributed by atoms with Crippen molar-refractivity contribution in [2.45, 2.75) is 13.1 Å². The van der Waals surface area contributed by atoms with Crippen molar-refractivity contribution >= 4 is 22.9 Å². The summed E-state index contributed by atoms with van der Waals surface area (Å²) in [7, 11) is 0. The van der Waals surface area contributed by atoms with Gasteiger partial charge in [-0.05, 0) is 18.2 Å². The van der Waals surface area contributed by atoms with Gasteiger partial charge in [-0.2, -0.15) is 0 Å². The highest BCUT2D eigenvalue weighted by atomic mass is 35.5. The second-order valence-electron chi connectivity index (χ2n) is 3.31. The Morgan fingerprint density at radius 3 is 3.00 bits per heavy atom. The lowest BCUT2D eigenvalue weighted by atomic mass is 10.2. The van der Waals surface area contributed by atoms with Crippen molar-refractivity contribution in [1.29, 1.82) is 0 Å². The van der Waals surface area contributed by atoms with Crippen LogP contribution in [0.2, 0.25) is 5.02 Å². The van der Waals surface area contributed by atoms with Crippen LogP contribution < -0.4 is 5.32 Å². The predicted octanol–water partition coefficient (Wildman–Crippen LogP) is 3.23. The molecule has 1 aromatic heterocycles. The third-order valence-corrected chi connectivity index (χ3v) is 3.12. The molecule has 0 saturated carbocycles. The van der Waals surface area contributed by atoms with E-state index in [0.717, 1.165) is 4.88 Å². The summed E-state index contributed by atoms with van der Waals surface area (Å²) in [4.78, 5) is 5.09. The molecule has 0 radical (unpaired) electrons. The van der Waals surface area contributed by atoms with Gasteiger partial charge in [0.15, 0.2) is 0 Å². The summed E-state index contributed by atoms with van der Waals surface area (Å²) in [6, 6.07) is 4.56. The number of rotatable bonds is 4. The first-order valence-electron chi connectivity index (χ1n) is 4.78. The van der Waals surface area contributed by atoms with E-state index < -0.39 is 0 Å². The van der Waals surface area contributed by atoms with E-state index in [-0.39, 0.29) is 5.82 Å². The van der Waals surface area contributed by atoms with Crippen molar-refractivity contribution < 1.29 is 4.39 Å². The molecule has 0 fully saturated rings. The van der Waals surface area contributed by atoms with Crippen LogP contribution in [-0.4, -0.2) is 4.98 Å². The number of nitrogens with zero attached hydrogens (tertiary/aromatic N) is 1. The smallest absolute Gasteiger partial charge is 0.127 e. The van der Waals surface area contributed by atoms with E-state index >= 15 is 0 Å². The summed E-state index contributed by atoms with van der Waals surface area (Å²) in [5, 5.41) is 3.70. The average molecular weight is 257 g/mol. The lowest BCUT2D eigenvalue weighted by molar-refractivity contribution is 0.589. The van der Waals surface area contributed by atoms with Gasteiger partial charge in [-0.25, -0.2) is 4.39 Å². The second-order valence-corrected chi connectivity index (χ2v) is 4.71. The number of hydrogen-bond donors (Lipinski definition) is 1. The van der Waals surface area contributed by atoms with Crippen LogP contribution in [0.3, 0.4) is 0 Å². The maximum atomic E-state index is 13.3. The van der Waals surface area contributed by atoms with E-state index in [4.69, 9.17) is 11.6 Å². The molecule has 0 bridgehead atoms. The van der Waals surface area contributed by atoms with Crippen molar-refractivity contribution in [2.75, 3.05) is 0 Å². The van der Waals surface area contributed by atoms with Gasteiger partial charge in [0.25, 0.3) is 0 Å². The summed E-state index contributed by atoms with van der Waals surface area (Å²) in [6.07, 6.45) is 1.80. The van der Waals surface area contributed by atoms with E-state index in [2.05, 4.69) is 10.3 Å². The zero-order valence-electron chi connectivity index (χ0n) is 8.41. The molecular weight excluding hydrogens is 247 g/mol. The van der Waals surface area contributed by atoms with Crippen LogP contribution in [-0.2, 0) is 13.1 Å². The van der Waals surface area contributed by atoms with Gasteiger partial charge in [-0.15, -0.1) is 11.3 Å². The van der Waals surface area contributed by atoms with Crippen LogP contribution in [0.4, 0.5) is 4.39 Å². The van der Waals surface area contributed by atoms with Crippen molar-refractivity contribution in [3.63, 3.8) is 0 Å². The molecule has 0 atom stereocenters. The van der Waals surface area contributed by atoms with Crippen LogP contribution in [0.5, 0.6) is 0 Å². The summed E-state index contributed by atoms with van der Waals surface area (Å²) in [5.41, 5.74) is 2.36.